The van der Waals surface area contributed by atoms with E-state index in [1.54, 1.807) is 13.4 Å². The number of imidazole rings is 1. The van der Waals surface area contributed by atoms with Gasteiger partial charge in [-0.2, -0.15) is 0 Å². The maximum absolute atomic E-state index is 13.4. The minimum absolute atomic E-state index is 0.0561. The lowest BCUT2D eigenvalue weighted by atomic mass is 10.0. The summed E-state index contributed by atoms with van der Waals surface area (Å²) < 4.78 is 20.8. The van der Waals surface area contributed by atoms with Gasteiger partial charge in [-0.3, -0.25) is 0 Å². The fourth-order valence-corrected chi connectivity index (χ4v) is 3.99. The minimum atomic E-state index is -0.242. The SMILES string of the molecule is CC[C@@H](c1ccc(F)cc1)N(C)c1nnc(-c2ccc(-n3cnc(C)c3)c(OC)n2)cc1C. The Morgan fingerprint density at radius 1 is 1.06 bits per heavy atom. The molecule has 8 heteroatoms. The Morgan fingerprint density at radius 2 is 1.82 bits per heavy atom. The van der Waals surface area contributed by atoms with E-state index >= 15 is 0 Å². The topological polar surface area (TPSA) is 69.0 Å². The lowest BCUT2D eigenvalue weighted by Crippen LogP contribution is -2.25. The van der Waals surface area contributed by atoms with Crippen LogP contribution in [0.4, 0.5) is 10.2 Å². The van der Waals surface area contributed by atoms with Gasteiger partial charge in [-0.15, -0.1) is 10.2 Å². The maximum Gasteiger partial charge on any atom is 0.238 e. The third-order valence-corrected chi connectivity index (χ3v) is 5.69. The highest BCUT2D eigenvalue weighted by atomic mass is 19.1. The van der Waals surface area contributed by atoms with Crippen LogP contribution in [0.25, 0.3) is 17.1 Å². The molecular weight excluding hydrogens is 419 g/mol. The van der Waals surface area contributed by atoms with Crippen molar-refractivity contribution >= 4 is 5.82 Å². The van der Waals surface area contributed by atoms with Crippen LogP contribution in [0, 0.1) is 19.7 Å². The summed E-state index contributed by atoms with van der Waals surface area (Å²) in [6, 6.07) is 12.5. The van der Waals surface area contributed by atoms with E-state index in [0.29, 0.717) is 17.3 Å². The molecule has 0 N–H and O–H groups in total. The Morgan fingerprint density at radius 3 is 2.42 bits per heavy atom. The number of pyridine rings is 1. The summed E-state index contributed by atoms with van der Waals surface area (Å²) in [5.41, 5.74) is 5.04. The van der Waals surface area contributed by atoms with Crippen LogP contribution in [0.1, 0.15) is 36.2 Å². The second kappa shape index (κ2) is 9.36. The standard InChI is InChI=1S/C25H27FN6O/c1-6-22(18-7-9-19(26)10-8-18)31(4)24-16(2)13-21(29-30-24)20-11-12-23(25(28-20)33-5)32-14-17(3)27-15-32/h7-15,22H,6H2,1-5H3/t22-/m0/s1. The lowest BCUT2D eigenvalue weighted by molar-refractivity contribution is 0.396. The fourth-order valence-electron chi connectivity index (χ4n) is 3.99. The van der Waals surface area contributed by atoms with Crippen LogP contribution >= 0.6 is 0 Å². The van der Waals surface area contributed by atoms with Crippen LogP contribution in [-0.4, -0.2) is 38.9 Å². The molecule has 0 aliphatic heterocycles. The Bertz CT molecular complexity index is 1250. The summed E-state index contributed by atoms with van der Waals surface area (Å²) in [5, 5.41) is 8.96. The molecule has 4 aromatic rings. The molecule has 7 nitrogen and oxygen atoms in total. The molecule has 0 radical (unpaired) electrons. The summed E-state index contributed by atoms with van der Waals surface area (Å²) in [6.45, 7) is 6.03. The molecule has 0 amide bonds. The van der Waals surface area contributed by atoms with Crippen LogP contribution in [0.3, 0.4) is 0 Å². The smallest absolute Gasteiger partial charge is 0.238 e. The highest BCUT2D eigenvalue weighted by Gasteiger charge is 2.20. The van der Waals surface area contributed by atoms with Crippen molar-refractivity contribution in [3.63, 3.8) is 0 Å². The molecule has 0 aliphatic carbocycles. The van der Waals surface area contributed by atoms with Crippen molar-refractivity contribution in [1.29, 1.82) is 0 Å². The van der Waals surface area contributed by atoms with Gasteiger partial charge in [0.05, 0.1) is 30.9 Å². The second-order valence-electron chi connectivity index (χ2n) is 7.97. The normalized spacial score (nSPS) is 11.9. The summed E-state index contributed by atoms with van der Waals surface area (Å²) >= 11 is 0. The molecule has 0 spiro atoms. The highest BCUT2D eigenvalue weighted by molar-refractivity contribution is 5.61. The Kier molecular flexibility index (Phi) is 6.35. The maximum atomic E-state index is 13.4. The number of rotatable bonds is 7. The third kappa shape index (κ3) is 4.55. The number of anilines is 1. The second-order valence-corrected chi connectivity index (χ2v) is 7.97. The lowest BCUT2D eigenvalue weighted by Gasteiger charge is -2.29. The van der Waals surface area contributed by atoms with Crippen LogP contribution in [0.5, 0.6) is 5.88 Å². The van der Waals surface area contributed by atoms with E-state index in [9.17, 15) is 4.39 Å². The quantitative estimate of drug-likeness (QED) is 0.395. The van der Waals surface area contributed by atoms with Crippen molar-refractivity contribution < 1.29 is 9.13 Å². The number of hydrogen-bond acceptors (Lipinski definition) is 6. The van der Waals surface area contributed by atoms with E-state index in [4.69, 9.17) is 4.74 Å². The molecule has 1 aromatic carbocycles. The largest absolute Gasteiger partial charge is 0.479 e. The van der Waals surface area contributed by atoms with Gasteiger partial charge in [-0.1, -0.05) is 19.1 Å². The van der Waals surface area contributed by atoms with Gasteiger partial charge in [0.25, 0.3) is 0 Å². The van der Waals surface area contributed by atoms with Gasteiger partial charge in [-0.05, 0) is 61.7 Å². The van der Waals surface area contributed by atoms with E-state index in [2.05, 4.69) is 32.0 Å². The number of methoxy groups -OCH3 is 1. The summed E-state index contributed by atoms with van der Waals surface area (Å²) in [7, 11) is 3.58. The number of nitrogens with zero attached hydrogens (tertiary/aromatic N) is 6. The molecule has 3 aromatic heterocycles. The van der Waals surface area contributed by atoms with Gasteiger partial charge >= 0.3 is 0 Å². The van der Waals surface area contributed by atoms with E-state index < -0.39 is 0 Å². The number of halogens is 1. The van der Waals surface area contributed by atoms with Crippen LogP contribution in [0.15, 0.2) is 55.0 Å². The first kappa shape index (κ1) is 22.4. The van der Waals surface area contributed by atoms with Gasteiger partial charge in [-0.25, -0.2) is 14.4 Å². The number of hydrogen-bond donors (Lipinski definition) is 0. The molecule has 1 atom stereocenters. The summed E-state index contributed by atoms with van der Waals surface area (Å²) in [5.74, 6) is 1.01. The van der Waals surface area contributed by atoms with Gasteiger partial charge in [0.2, 0.25) is 5.88 Å². The predicted molar refractivity (Wildman–Crippen MR) is 126 cm³/mol. The van der Waals surface area contributed by atoms with Crippen molar-refractivity contribution in [2.75, 3.05) is 19.1 Å². The Hall–Kier alpha value is -3.81. The molecule has 0 fully saturated rings. The van der Waals surface area contributed by atoms with E-state index in [1.807, 2.05) is 62.0 Å². The van der Waals surface area contributed by atoms with E-state index in [0.717, 1.165) is 34.7 Å². The minimum Gasteiger partial charge on any atom is -0.479 e. The zero-order chi connectivity index (χ0) is 23.5. The molecule has 3 heterocycles. The monoisotopic (exact) mass is 446 g/mol. The summed E-state index contributed by atoms with van der Waals surface area (Å²) in [6.07, 6.45) is 4.49. The molecule has 0 aliphatic rings. The number of aryl methyl sites for hydroxylation is 2. The Balaban J connectivity index is 1.64. The molecule has 0 saturated carbocycles. The van der Waals surface area contributed by atoms with Gasteiger partial charge < -0.3 is 14.2 Å². The van der Waals surface area contributed by atoms with E-state index in [1.165, 1.54) is 12.1 Å². The average Bonchev–Trinajstić information content (AvgIpc) is 3.26. The first-order valence-corrected chi connectivity index (χ1v) is 10.8. The Labute approximate surface area is 192 Å². The van der Waals surface area contributed by atoms with Crippen molar-refractivity contribution in [3.8, 4) is 23.0 Å². The van der Waals surface area contributed by atoms with Crippen molar-refractivity contribution in [2.45, 2.75) is 33.2 Å². The number of aromatic nitrogens is 5. The van der Waals surface area contributed by atoms with Gasteiger partial charge in [0, 0.05) is 13.2 Å². The zero-order valence-electron chi connectivity index (χ0n) is 19.5. The summed E-state index contributed by atoms with van der Waals surface area (Å²) in [4.78, 5) is 11.0. The molecule has 0 bridgehead atoms. The molecule has 33 heavy (non-hydrogen) atoms. The van der Waals surface area contributed by atoms with Crippen molar-refractivity contribution in [3.05, 3.63) is 77.6 Å². The first-order valence-electron chi connectivity index (χ1n) is 10.8. The molecule has 0 unspecified atom stereocenters. The van der Waals surface area contributed by atoms with Crippen LogP contribution in [-0.2, 0) is 0 Å². The van der Waals surface area contributed by atoms with Crippen molar-refractivity contribution in [2.24, 2.45) is 0 Å². The van der Waals surface area contributed by atoms with E-state index in [-0.39, 0.29) is 11.9 Å². The van der Waals surface area contributed by atoms with Gasteiger partial charge in [0.1, 0.15) is 17.2 Å². The molecule has 0 saturated heterocycles. The molecule has 170 valence electrons. The first-order chi connectivity index (χ1) is 15.9. The zero-order valence-corrected chi connectivity index (χ0v) is 19.5. The molecular formula is C25H27FN6O. The highest BCUT2D eigenvalue weighted by Crippen LogP contribution is 2.31. The molecule has 4 rings (SSSR count). The third-order valence-electron chi connectivity index (χ3n) is 5.69. The van der Waals surface area contributed by atoms with Gasteiger partial charge in [0.15, 0.2) is 5.82 Å². The van der Waals surface area contributed by atoms with Crippen molar-refractivity contribution in [1.82, 2.24) is 24.7 Å². The van der Waals surface area contributed by atoms with Crippen LogP contribution in [0.2, 0.25) is 0 Å². The number of benzene rings is 1. The average molecular weight is 447 g/mol. The predicted octanol–water partition coefficient (Wildman–Crippen LogP) is 5.08. The number of ether oxygens (including phenoxy) is 1. The fraction of sp³-hybridized carbons (Fsp3) is 0.280. The van der Waals surface area contributed by atoms with Crippen LogP contribution < -0.4 is 9.64 Å².